The zero-order chi connectivity index (χ0) is 17.8. The van der Waals surface area contributed by atoms with Gasteiger partial charge in [-0.25, -0.2) is 0 Å². The van der Waals surface area contributed by atoms with Gasteiger partial charge >= 0.3 is 0 Å². The normalized spacial score (nSPS) is 19.8. The molecule has 0 spiro atoms. The van der Waals surface area contributed by atoms with E-state index >= 15 is 0 Å². The number of aliphatic hydroxyl groups excluding tert-OH is 1. The zero-order valence-corrected chi connectivity index (χ0v) is 15.2. The average molecular weight is 343 g/mol. The second kappa shape index (κ2) is 8.13. The van der Waals surface area contributed by atoms with Crippen molar-refractivity contribution in [3.63, 3.8) is 0 Å². The maximum Gasteiger partial charge on any atom is 0.189 e. The van der Waals surface area contributed by atoms with E-state index in [2.05, 4.69) is 28.6 Å². The Balaban J connectivity index is 1.72. The van der Waals surface area contributed by atoms with Crippen molar-refractivity contribution in [2.75, 3.05) is 32.8 Å². The van der Waals surface area contributed by atoms with Gasteiger partial charge in [-0.3, -0.25) is 14.6 Å². The fourth-order valence-electron chi connectivity index (χ4n) is 3.81. The van der Waals surface area contributed by atoms with Gasteiger partial charge in [-0.1, -0.05) is 26.0 Å². The lowest BCUT2D eigenvalue weighted by atomic mass is 10.1. The summed E-state index contributed by atoms with van der Waals surface area (Å²) in [5, 5.41) is 10.2. The highest BCUT2D eigenvalue weighted by molar-refractivity contribution is 5.78. The van der Waals surface area contributed by atoms with Crippen LogP contribution in [0.3, 0.4) is 0 Å². The minimum Gasteiger partial charge on any atom is -0.396 e. The third-order valence-electron chi connectivity index (χ3n) is 4.94. The summed E-state index contributed by atoms with van der Waals surface area (Å²) in [5.41, 5.74) is 1.94. The molecule has 1 saturated heterocycles. The second-order valence-corrected chi connectivity index (χ2v) is 7.49. The predicted octanol–water partition coefficient (Wildman–Crippen LogP) is 2.05. The standard InChI is InChI=1S/C20H29N3O2/c1-15(2)12-23-9-8-22(14-17(23)7-10-24)13-16-11-20(25)18-5-3-4-6-19(18)21-16/h3-6,11,15,17,24H,7-10,12-14H2,1-2H3,(H,21,25). The monoisotopic (exact) mass is 343 g/mol. The average Bonchev–Trinajstić information content (AvgIpc) is 2.57. The summed E-state index contributed by atoms with van der Waals surface area (Å²) in [6, 6.07) is 9.77. The SMILES string of the molecule is CC(C)CN1CCN(Cc2cc(=O)c3ccccc3[nH]2)CC1CCO. The molecule has 2 N–H and O–H groups in total. The van der Waals surface area contributed by atoms with Gasteiger partial charge in [0.2, 0.25) is 0 Å². The maximum absolute atomic E-state index is 12.3. The Labute approximate surface area is 149 Å². The van der Waals surface area contributed by atoms with Gasteiger partial charge < -0.3 is 10.1 Å². The summed E-state index contributed by atoms with van der Waals surface area (Å²) < 4.78 is 0. The number of aromatic nitrogens is 1. The third kappa shape index (κ3) is 4.48. The van der Waals surface area contributed by atoms with E-state index in [9.17, 15) is 9.90 Å². The molecular weight excluding hydrogens is 314 g/mol. The number of aliphatic hydroxyl groups is 1. The van der Waals surface area contributed by atoms with Gasteiger partial charge in [-0.2, -0.15) is 0 Å². The molecule has 1 aliphatic rings. The number of fused-ring (bicyclic) bond motifs is 1. The summed E-state index contributed by atoms with van der Waals surface area (Å²) in [6.45, 7) is 9.46. The van der Waals surface area contributed by atoms with Crippen LogP contribution in [-0.4, -0.2) is 58.7 Å². The fourth-order valence-corrected chi connectivity index (χ4v) is 3.81. The molecule has 1 atom stereocenters. The number of benzene rings is 1. The molecule has 0 radical (unpaired) electrons. The van der Waals surface area contributed by atoms with Crippen LogP contribution in [0, 0.1) is 5.92 Å². The number of pyridine rings is 1. The summed E-state index contributed by atoms with van der Waals surface area (Å²) in [4.78, 5) is 20.6. The summed E-state index contributed by atoms with van der Waals surface area (Å²) in [7, 11) is 0. The number of piperazine rings is 1. The first-order valence-electron chi connectivity index (χ1n) is 9.25. The van der Waals surface area contributed by atoms with Crippen LogP contribution in [0.4, 0.5) is 0 Å². The van der Waals surface area contributed by atoms with Gasteiger partial charge in [0, 0.05) is 68.0 Å². The molecular formula is C20H29N3O2. The first-order chi connectivity index (χ1) is 12.1. The number of rotatable bonds is 6. The van der Waals surface area contributed by atoms with Crippen molar-refractivity contribution in [3.8, 4) is 0 Å². The van der Waals surface area contributed by atoms with E-state index in [1.807, 2.05) is 24.3 Å². The van der Waals surface area contributed by atoms with Crippen LogP contribution in [0.25, 0.3) is 10.9 Å². The van der Waals surface area contributed by atoms with Crippen molar-refractivity contribution < 1.29 is 5.11 Å². The minimum atomic E-state index is 0.0784. The highest BCUT2D eigenvalue weighted by atomic mass is 16.3. The molecule has 0 bridgehead atoms. The van der Waals surface area contributed by atoms with Gasteiger partial charge in [-0.15, -0.1) is 0 Å². The molecule has 1 aliphatic heterocycles. The first-order valence-corrected chi connectivity index (χ1v) is 9.25. The highest BCUT2D eigenvalue weighted by Crippen LogP contribution is 2.17. The number of hydrogen-bond donors (Lipinski definition) is 2. The Morgan fingerprint density at radius 3 is 2.84 bits per heavy atom. The highest BCUT2D eigenvalue weighted by Gasteiger charge is 2.27. The van der Waals surface area contributed by atoms with Crippen molar-refractivity contribution >= 4 is 10.9 Å². The summed E-state index contributed by atoms with van der Waals surface area (Å²) in [5.74, 6) is 0.629. The molecule has 3 rings (SSSR count). The van der Waals surface area contributed by atoms with Crippen LogP contribution in [0.5, 0.6) is 0 Å². The summed E-state index contributed by atoms with van der Waals surface area (Å²) >= 11 is 0. The fraction of sp³-hybridized carbons (Fsp3) is 0.550. The van der Waals surface area contributed by atoms with Crippen LogP contribution < -0.4 is 5.43 Å². The quantitative estimate of drug-likeness (QED) is 0.843. The largest absolute Gasteiger partial charge is 0.396 e. The first kappa shape index (κ1) is 18.1. The van der Waals surface area contributed by atoms with Crippen LogP contribution in [0.15, 0.2) is 35.1 Å². The van der Waals surface area contributed by atoms with Gasteiger partial charge in [0.15, 0.2) is 5.43 Å². The molecule has 2 aromatic rings. The molecule has 0 amide bonds. The van der Waals surface area contributed by atoms with Crippen LogP contribution in [-0.2, 0) is 6.54 Å². The molecule has 0 aliphatic carbocycles. The molecule has 5 nitrogen and oxygen atoms in total. The van der Waals surface area contributed by atoms with E-state index in [0.29, 0.717) is 12.0 Å². The van der Waals surface area contributed by atoms with Crippen molar-refractivity contribution in [3.05, 3.63) is 46.2 Å². The minimum absolute atomic E-state index is 0.0784. The molecule has 1 fully saturated rings. The van der Waals surface area contributed by atoms with E-state index in [0.717, 1.165) is 55.7 Å². The Morgan fingerprint density at radius 1 is 1.28 bits per heavy atom. The van der Waals surface area contributed by atoms with E-state index in [-0.39, 0.29) is 12.0 Å². The lowest BCUT2D eigenvalue weighted by molar-refractivity contribution is 0.0471. The van der Waals surface area contributed by atoms with Crippen LogP contribution in [0.1, 0.15) is 26.0 Å². The smallest absolute Gasteiger partial charge is 0.189 e. The molecule has 5 heteroatoms. The van der Waals surface area contributed by atoms with Gasteiger partial charge in [0.25, 0.3) is 0 Å². The topological polar surface area (TPSA) is 59.6 Å². The van der Waals surface area contributed by atoms with Crippen molar-refractivity contribution in [1.82, 2.24) is 14.8 Å². The van der Waals surface area contributed by atoms with Crippen molar-refractivity contribution in [2.24, 2.45) is 5.92 Å². The molecule has 1 aromatic carbocycles. The molecule has 1 unspecified atom stereocenters. The van der Waals surface area contributed by atoms with Gasteiger partial charge in [0.05, 0.1) is 0 Å². The number of H-pyrrole nitrogens is 1. The number of aromatic amines is 1. The maximum atomic E-state index is 12.3. The Bertz CT molecular complexity index is 756. The predicted molar refractivity (Wildman–Crippen MR) is 102 cm³/mol. The van der Waals surface area contributed by atoms with E-state index < -0.39 is 0 Å². The molecule has 25 heavy (non-hydrogen) atoms. The number of nitrogens with one attached hydrogen (secondary N) is 1. The van der Waals surface area contributed by atoms with Gasteiger partial charge in [-0.05, 0) is 24.5 Å². The Hall–Kier alpha value is -1.69. The van der Waals surface area contributed by atoms with Crippen LogP contribution >= 0.6 is 0 Å². The lowest BCUT2D eigenvalue weighted by Gasteiger charge is -2.42. The Morgan fingerprint density at radius 2 is 2.08 bits per heavy atom. The number of hydrogen-bond acceptors (Lipinski definition) is 4. The van der Waals surface area contributed by atoms with Crippen LogP contribution in [0.2, 0.25) is 0 Å². The molecule has 2 heterocycles. The van der Waals surface area contributed by atoms with E-state index in [1.165, 1.54) is 0 Å². The Kier molecular flexibility index (Phi) is 5.89. The van der Waals surface area contributed by atoms with Crippen molar-refractivity contribution in [1.29, 1.82) is 0 Å². The zero-order valence-electron chi connectivity index (χ0n) is 15.2. The molecule has 136 valence electrons. The number of para-hydroxylation sites is 1. The number of nitrogens with zero attached hydrogens (tertiary/aromatic N) is 2. The van der Waals surface area contributed by atoms with Gasteiger partial charge in [0.1, 0.15) is 0 Å². The van der Waals surface area contributed by atoms with E-state index in [1.54, 1.807) is 6.07 Å². The van der Waals surface area contributed by atoms with E-state index in [4.69, 9.17) is 0 Å². The van der Waals surface area contributed by atoms with Crippen molar-refractivity contribution in [2.45, 2.75) is 32.9 Å². The molecule has 1 aromatic heterocycles. The lowest BCUT2D eigenvalue weighted by Crippen LogP contribution is -2.54. The molecule has 0 saturated carbocycles. The summed E-state index contributed by atoms with van der Waals surface area (Å²) in [6.07, 6.45) is 0.803. The second-order valence-electron chi connectivity index (χ2n) is 7.49. The third-order valence-corrected chi connectivity index (χ3v) is 4.94.